The molecule has 27 heavy (non-hydrogen) atoms. The number of nitrogen functional groups attached to an aromatic ring is 1. The first kappa shape index (κ1) is 16.8. The molecule has 3 aromatic carbocycles. The van der Waals surface area contributed by atoms with Gasteiger partial charge in [-0.15, -0.1) is 0 Å². The lowest BCUT2D eigenvalue weighted by Crippen LogP contribution is -2.04. The summed E-state index contributed by atoms with van der Waals surface area (Å²) >= 11 is 0. The Balaban J connectivity index is 1.64. The third-order valence-electron chi connectivity index (χ3n) is 4.64. The molecule has 0 fully saturated rings. The molecule has 0 saturated carbocycles. The van der Waals surface area contributed by atoms with Crippen LogP contribution >= 0.6 is 0 Å². The molecule has 3 N–H and O–H groups in total. The van der Waals surface area contributed by atoms with E-state index in [2.05, 4.69) is 41.3 Å². The van der Waals surface area contributed by atoms with E-state index in [1.165, 1.54) is 11.9 Å². The van der Waals surface area contributed by atoms with Crippen molar-refractivity contribution in [2.24, 2.45) is 0 Å². The molecule has 0 bridgehead atoms. The Bertz CT molecular complexity index is 1120. The summed E-state index contributed by atoms with van der Waals surface area (Å²) in [6, 6.07) is 20.0. The highest BCUT2D eigenvalue weighted by Crippen LogP contribution is 2.33. The van der Waals surface area contributed by atoms with Gasteiger partial charge < -0.3 is 15.8 Å². The Morgan fingerprint density at radius 2 is 1.70 bits per heavy atom. The fourth-order valence-electron chi connectivity index (χ4n) is 2.92. The molecule has 0 saturated heterocycles. The lowest BCUT2D eigenvalue weighted by atomic mass is 10.1. The van der Waals surface area contributed by atoms with Crippen LogP contribution in [-0.4, -0.2) is 9.97 Å². The van der Waals surface area contributed by atoms with E-state index in [1.54, 1.807) is 0 Å². The molecule has 1 aromatic heterocycles. The Morgan fingerprint density at radius 1 is 0.889 bits per heavy atom. The predicted molar refractivity (Wildman–Crippen MR) is 110 cm³/mol. The zero-order valence-electron chi connectivity index (χ0n) is 15.2. The van der Waals surface area contributed by atoms with Crippen LogP contribution < -0.4 is 15.8 Å². The largest absolute Gasteiger partial charge is 0.437 e. The third-order valence-corrected chi connectivity index (χ3v) is 4.64. The molecule has 0 amide bonds. The molecule has 4 aromatic rings. The second-order valence-corrected chi connectivity index (χ2v) is 6.42. The van der Waals surface area contributed by atoms with Crippen molar-refractivity contribution in [1.29, 1.82) is 0 Å². The number of aromatic nitrogens is 2. The van der Waals surface area contributed by atoms with Crippen molar-refractivity contribution >= 4 is 28.0 Å². The number of fused-ring (bicyclic) bond motifs is 1. The van der Waals surface area contributed by atoms with Gasteiger partial charge in [0.25, 0.3) is 0 Å². The SMILES string of the molecule is Cc1cccc(Nc2ncnc(Oc3ccc4ccccc4c3)c2N)c1C. The number of anilines is 3. The Kier molecular flexibility index (Phi) is 4.34. The fraction of sp³-hybridized carbons (Fsp3) is 0.0909. The van der Waals surface area contributed by atoms with Gasteiger partial charge in [0, 0.05) is 5.69 Å². The van der Waals surface area contributed by atoms with Crippen molar-refractivity contribution < 1.29 is 4.74 Å². The normalized spacial score (nSPS) is 10.7. The average Bonchev–Trinajstić information content (AvgIpc) is 2.68. The molecule has 0 aliphatic rings. The molecule has 4 rings (SSSR count). The lowest BCUT2D eigenvalue weighted by molar-refractivity contribution is 0.465. The van der Waals surface area contributed by atoms with Gasteiger partial charge in [0.05, 0.1) is 0 Å². The third kappa shape index (κ3) is 3.40. The van der Waals surface area contributed by atoms with Gasteiger partial charge in [0.1, 0.15) is 17.8 Å². The van der Waals surface area contributed by atoms with Crippen LogP contribution in [-0.2, 0) is 0 Å². The van der Waals surface area contributed by atoms with E-state index in [9.17, 15) is 0 Å². The highest BCUT2D eigenvalue weighted by Gasteiger charge is 2.12. The second-order valence-electron chi connectivity index (χ2n) is 6.42. The summed E-state index contributed by atoms with van der Waals surface area (Å²) in [6.45, 7) is 4.12. The number of aryl methyl sites for hydroxylation is 1. The van der Waals surface area contributed by atoms with Gasteiger partial charge in [-0.1, -0.05) is 42.5 Å². The molecule has 0 spiro atoms. The summed E-state index contributed by atoms with van der Waals surface area (Å²) in [7, 11) is 0. The average molecular weight is 356 g/mol. The first-order chi connectivity index (χ1) is 13.1. The van der Waals surface area contributed by atoms with Gasteiger partial charge in [0.15, 0.2) is 5.82 Å². The van der Waals surface area contributed by atoms with Crippen molar-refractivity contribution in [3.63, 3.8) is 0 Å². The minimum Gasteiger partial charge on any atom is -0.437 e. The van der Waals surface area contributed by atoms with Crippen LogP contribution in [0.4, 0.5) is 17.2 Å². The molecule has 0 atom stereocenters. The van der Waals surface area contributed by atoms with Crippen LogP contribution in [0.3, 0.4) is 0 Å². The first-order valence-corrected chi connectivity index (χ1v) is 8.72. The summed E-state index contributed by atoms with van der Waals surface area (Å²) < 4.78 is 5.93. The summed E-state index contributed by atoms with van der Waals surface area (Å²) in [5, 5.41) is 5.53. The van der Waals surface area contributed by atoms with E-state index >= 15 is 0 Å². The first-order valence-electron chi connectivity index (χ1n) is 8.72. The van der Waals surface area contributed by atoms with Crippen LogP contribution in [0.2, 0.25) is 0 Å². The maximum absolute atomic E-state index is 6.27. The van der Waals surface area contributed by atoms with Crippen LogP contribution in [0.1, 0.15) is 11.1 Å². The zero-order chi connectivity index (χ0) is 18.8. The van der Waals surface area contributed by atoms with Crippen molar-refractivity contribution in [3.8, 4) is 11.6 Å². The van der Waals surface area contributed by atoms with E-state index < -0.39 is 0 Å². The number of benzene rings is 3. The summed E-state index contributed by atoms with van der Waals surface area (Å²) in [5.74, 6) is 1.53. The minimum absolute atomic E-state index is 0.327. The van der Waals surface area contributed by atoms with Crippen molar-refractivity contribution in [3.05, 3.63) is 78.1 Å². The highest BCUT2D eigenvalue weighted by molar-refractivity contribution is 5.84. The van der Waals surface area contributed by atoms with E-state index in [1.807, 2.05) is 48.5 Å². The molecular weight excluding hydrogens is 336 g/mol. The van der Waals surface area contributed by atoms with Crippen LogP contribution in [0.25, 0.3) is 10.8 Å². The Labute approximate surface area is 157 Å². The lowest BCUT2D eigenvalue weighted by Gasteiger charge is -2.14. The zero-order valence-corrected chi connectivity index (χ0v) is 15.2. The number of nitrogens with zero attached hydrogens (tertiary/aromatic N) is 2. The molecule has 1 heterocycles. The van der Waals surface area contributed by atoms with Gasteiger partial charge in [-0.25, -0.2) is 4.98 Å². The number of hydrogen-bond donors (Lipinski definition) is 2. The maximum atomic E-state index is 6.27. The molecule has 0 aliphatic heterocycles. The molecular formula is C22H20N4O. The summed E-state index contributed by atoms with van der Waals surface area (Å²) in [4.78, 5) is 8.47. The quantitative estimate of drug-likeness (QED) is 0.514. The second kappa shape index (κ2) is 6.96. The van der Waals surface area contributed by atoms with E-state index in [0.29, 0.717) is 23.1 Å². The smallest absolute Gasteiger partial charge is 0.248 e. The molecule has 0 unspecified atom stereocenters. The van der Waals surface area contributed by atoms with Gasteiger partial charge >= 0.3 is 0 Å². The molecule has 5 heteroatoms. The molecule has 0 radical (unpaired) electrons. The van der Waals surface area contributed by atoms with Gasteiger partial charge in [-0.2, -0.15) is 4.98 Å². The van der Waals surface area contributed by atoms with Gasteiger partial charge in [-0.05, 0) is 53.9 Å². The topological polar surface area (TPSA) is 73.1 Å². The Morgan fingerprint density at radius 3 is 2.56 bits per heavy atom. The van der Waals surface area contributed by atoms with E-state index in [4.69, 9.17) is 10.5 Å². The Hall–Kier alpha value is -3.60. The predicted octanol–water partition coefficient (Wildman–Crippen LogP) is 5.36. The van der Waals surface area contributed by atoms with Gasteiger partial charge in [-0.3, -0.25) is 0 Å². The number of ether oxygens (including phenoxy) is 1. The van der Waals surface area contributed by atoms with Crippen LogP contribution in [0.15, 0.2) is 67.0 Å². The van der Waals surface area contributed by atoms with Crippen LogP contribution in [0.5, 0.6) is 11.6 Å². The summed E-state index contributed by atoms with van der Waals surface area (Å²) in [5.41, 5.74) is 9.93. The number of rotatable bonds is 4. The highest BCUT2D eigenvalue weighted by atomic mass is 16.5. The van der Waals surface area contributed by atoms with Crippen LogP contribution in [0, 0.1) is 13.8 Å². The fourth-order valence-corrected chi connectivity index (χ4v) is 2.92. The number of nitrogens with one attached hydrogen (secondary N) is 1. The summed E-state index contributed by atoms with van der Waals surface area (Å²) in [6.07, 6.45) is 1.44. The number of hydrogen-bond acceptors (Lipinski definition) is 5. The maximum Gasteiger partial charge on any atom is 0.248 e. The molecule has 0 aliphatic carbocycles. The van der Waals surface area contributed by atoms with Crippen molar-refractivity contribution in [2.45, 2.75) is 13.8 Å². The van der Waals surface area contributed by atoms with Crippen molar-refractivity contribution in [1.82, 2.24) is 9.97 Å². The van der Waals surface area contributed by atoms with E-state index in [-0.39, 0.29) is 0 Å². The van der Waals surface area contributed by atoms with Gasteiger partial charge in [0.2, 0.25) is 5.88 Å². The molecule has 5 nitrogen and oxygen atoms in total. The van der Waals surface area contributed by atoms with E-state index in [0.717, 1.165) is 22.0 Å². The monoisotopic (exact) mass is 356 g/mol. The van der Waals surface area contributed by atoms with Crippen molar-refractivity contribution in [2.75, 3.05) is 11.1 Å². The minimum atomic E-state index is 0.327. The molecule has 134 valence electrons. The standard InChI is InChI=1S/C22H20N4O/c1-14-6-5-9-19(15(14)2)26-21-20(23)22(25-13-24-21)27-18-11-10-16-7-3-4-8-17(16)12-18/h3-13H,23H2,1-2H3,(H,24,25,26). The number of nitrogens with two attached hydrogens (primary N) is 1.